The number of esters is 1. The van der Waals surface area contributed by atoms with Crippen molar-refractivity contribution in [2.45, 2.75) is 26.9 Å². The van der Waals surface area contributed by atoms with Crippen LogP contribution in [0.25, 0.3) is 0 Å². The van der Waals surface area contributed by atoms with E-state index in [1.807, 2.05) is 25.1 Å². The molecule has 5 nitrogen and oxygen atoms in total. The van der Waals surface area contributed by atoms with Gasteiger partial charge in [-0.05, 0) is 36.6 Å². The quantitative estimate of drug-likeness (QED) is 0.622. The number of carbonyl (C=O) groups excluding carboxylic acids is 1. The van der Waals surface area contributed by atoms with Crippen LogP contribution in [0.4, 0.5) is 11.4 Å². The Labute approximate surface area is 140 Å². The maximum absolute atomic E-state index is 12.1. The summed E-state index contributed by atoms with van der Waals surface area (Å²) in [6.07, 6.45) is 2.14. The van der Waals surface area contributed by atoms with Crippen molar-refractivity contribution >= 4 is 28.9 Å². The number of nitrogens with zero attached hydrogens (tertiary/aromatic N) is 1. The van der Waals surface area contributed by atoms with Gasteiger partial charge in [0.25, 0.3) is 0 Å². The molecular weight excluding hydrogens is 316 g/mol. The number of aliphatic hydroxyl groups excluding tert-OH is 1. The van der Waals surface area contributed by atoms with Gasteiger partial charge in [0.05, 0.1) is 18.9 Å². The molecule has 6 heteroatoms. The van der Waals surface area contributed by atoms with Crippen LogP contribution in [0, 0.1) is 0 Å². The number of aliphatic hydroxyl groups is 1. The van der Waals surface area contributed by atoms with Gasteiger partial charge in [0.15, 0.2) is 0 Å². The molecule has 23 heavy (non-hydrogen) atoms. The minimum atomic E-state index is -0.462. The number of benzene rings is 1. The number of anilines is 2. The van der Waals surface area contributed by atoms with E-state index in [2.05, 4.69) is 10.3 Å². The zero-order chi connectivity index (χ0) is 16.8. The Morgan fingerprint density at radius 1 is 1.35 bits per heavy atom. The zero-order valence-corrected chi connectivity index (χ0v) is 13.9. The van der Waals surface area contributed by atoms with Crippen LogP contribution in [0.3, 0.4) is 0 Å². The number of hydrogen-bond donors (Lipinski definition) is 2. The summed E-state index contributed by atoms with van der Waals surface area (Å²) in [6.45, 7) is 3.99. The average Bonchev–Trinajstić information content (AvgIpc) is 2.54. The van der Waals surface area contributed by atoms with Crippen LogP contribution in [0.1, 0.15) is 35.3 Å². The summed E-state index contributed by atoms with van der Waals surface area (Å²) in [4.78, 5) is 16.0. The summed E-state index contributed by atoms with van der Waals surface area (Å²) in [6, 6.07) is 7.19. The highest BCUT2D eigenvalue weighted by molar-refractivity contribution is 6.29. The van der Waals surface area contributed by atoms with Gasteiger partial charge in [-0.25, -0.2) is 9.78 Å². The molecule has 2 N–H and O–H groups in total. The molecule has 0 radical (unpaired) electrons. The molecule has 2 rings (SSSR count). The fraction of sp³-hybridized carbons (Fsp3) is 0.294. The average molecular weight is 335 g/mol. The second-order valence-electron chi connectivity index (χ2n) is 4.85. The molecule has 0 aliphatic carbocycles. The van der Waals surface area contributed by atoms with Gasteiger partial charge in [0.2, 0.25) is 0 Å². The molecule has 0 saturated heterocycles. The monoisotopic (exact) mass is 334 g/mol. The van der Waals surface area contributed by atoms with Crippen molar-refractivity contribution in [3.63, 3.8) is 0 Å². The molecule has 0 amide bonds. The van der Waals surface area contributed by atoms with Crippen LogP contribution in [-0.4, -0.2) is 22.7 Å². The molecule has 0 aliphatic rings. The summed E-state index contributed by atoms with van der Waals surface area (Å²) < 4.78 is 5.05. The lowest BCUT2D eigenvalue weighted by molar-refractivity contribution is 0.0527. The third-order valence-electron chi connectivity index (χ3n) is 3.43. The van der Waals surface area contributed by atoms with E-state index in [0.29, 0.717) is 11.3 Å². The summed E-state index contributed by atoms with van der Waals surface area (Å²) in [5, 5.41) is 12.9. The van der Waals surface area contributed by atoms with Crippen LogP contribution in [0.2, 0.25) is 5.15 Å². The summed E-state index contributed by atoms with van der Waals surface area (Å²) in [5.74, 6) is -0.462. The molecule has 0 fully saturated rings. The van der Waals surface area contributed by atoms with Crippen molar-refractivity contribution < 1.29 is 14.6 Å². The van der Waals surface area contributed by atoms with Gasteiger partial charge in [-0.15, -0.1) is 0 Å². The Balaban J connectivity index is 2.44. The molecule has 0 unspecified atom stereocenters. The highest BCUT2D eigenvalue weighted by Gasteiger charge is 2.15. The molecule has 2 aromatic rings. The predicted octanol–water partition coefficient (Wildman–Crippen LogP) is 3.71. The predicted molar refractivity (Wildman–Crippen MR) is 90.2 cm³/mol. The first-order chi connectivity index (χ1) is 11.1. The van der Waals surface area contributed by atoms with Gasteiger partial charge in [0, 0.05) is 11.9 Å². The number of hydrogen-bond acceptors (Lipinski definition) is 5. The fourth-order valence-electron chi connectivity index (χ4n) is 2.37. The van der Waals surface area contributed by atoms with E-state index in [1.54, 1.807) is 13.0 Å². The Hall–Kier alpha value is -2.11. The van der Waals surface area contributed by atoms with Crippen molar-refractivity contribution in [1.29, 1.82) is 0 Å². The standard InChI is InChI=1S/C17H19ClN2O3/c1-3-12-11(10-21)6-5-7-14(12)20-15-8-16(18)19-9-13(15)17(22)23-4-2/h5-9,21H,3-4,10H2,1-2H3,(H,19,20). The van der Waals surface area contributed by atoms with Crippen LogP contribution < -0.4 is 5.32 Å². The Morgan fingerprint density at radius 3 is 2.78 bits per heavy atom. The van der Waals surface area contributed by atoms with E-state index in [4.69, 9.17) is 16.3 Å². The Bertz CT molecular complexity index is 704. The zero-order valence-electron chi connectivity index (χ0n) is 13.1. The second-order valence-corrected chi connectivity index (χ2v) is 5.24. The molecule has 1 heterocycles. The topological polar surface area (TPSA) is 71.5 Å². The van der Waals surface area contributed by atoms with Crippen LogP contribution in [0.15, 0.2) is 30.5 Å². The van der Waals surface area contributed by atoms with Crippen LogP contribution in [0.5, 0.6) is 0 Å². The minimum Gasteiger partial charge on any atom is -0.462 e. The van der Waals surface area contributed by atoms with Gasteiger partial charge in [0.1, 0.15) is 10.7 Å². The third-order valence-corrected chi connectivity index (χ3v) is 3.64. The van der Waals surface area contributed by atoms with Crippen molar-refractivity contribution in [3.8, 4) is 0 Å². The maximum atomic E-state index is 12.1. The van der Waals surface area contributed by atoms with Crippen molar-refractivity contribution in [2.75, 3.05) is 11.9 Å². The highest BCUT2D eigenvalue weighted by atomic mass is 35.5. The molecule has 0 atom stereocenters. The summed E-state index contributed by atoms with van der Waals surface area (Å²) in [5.41, 5.74) is 3.47. The number of ether oxygens (including phenoxy) is 1. The lowest BCUT2D eigenvalue weighted by Crippen LogP contribution is -2.09. The first-order valence-electron chi connectivity index (χ1n) is 7.42. The molecule has 0 saturated carbocycles. The first kappa shape index (κ1) is 17.2. The maximum Gasteiger partial charge on any atom is 0.341 e. The Morgan fingerprint density at radius 2 is 2.13 bits per heavy atom. The van der Waals surface area contributed by atoms with E-state index in [9.17, 15) is 9.90 Å². The number of rotatable bonds is 6. The van der Waals surface area contributed by atoms with E-state index >= 15 is 0 Å². The van der Waals surface area contributed by atoms with Gasteiger partial charge in [-0.2, -0.15) is 0 Å². The van der Waals surface area contributed by atoms with Gasteiger partial charge >= 0.3 is 5.97 Å². The van der Waals surface area contributed by atoms with Crippen molar-refractivity contribution in [1.82, 2.24) is 4.98 Å². The first-order valence-corrected chi connectivity index (χ1v) is 7.79. The van der Waals surface area contributed by atoms with E-state index in [-0.39, 0.29) is 18.4 Å². The Kier molecular flexibility index (Phi) is 5.96. The molecule has 0 bridgehead atoms. The van der Waals surface area contributed by atoms with Gasteiger partial charge < -0.3 is 15.2 Å². The highest BCUT2D eigenvalue weighted by Crippen LogP contribution is 2.28. The van der Waals surface area contributed by atoms with Crippen LogP contribution >= 0.6 is 11.6 Å². The molecule has 1 aromatic carbocycles. The van der Waals surface area contributed by atoms with Gasteiger partial charge in [-0.3, -0.25) is 0 Å². The van der Waals surface area contributed by atoms with Crippen molar-refractivity contribution in [3.05, 3.63) is 52.3 Å². The lowest BCUT2D eigenvalue weighted by atomic mass is 10.0. The number of carbonyl (C=O) groups is 1. The smallest absolute Gasteiger partial charge is 0.341 e. The van der Waals surface area contributed by atoms with E-state index in [0.717, 1.165) is 23.2 Å². The van der Waals surface area contributed by atoms with E-state index < -0.39 is 5.97 Å². The molecule has 1 aromatic heterocycles. The molecule has 0 aliphatic heterocycles. The molecular formula is C17H19ClN2O3. The largest absolute Gasteiger partial charge is 0.462 e. The third kappa shape index (κ3) is 4.00. The number of halogens is 1. The minimum absolute atomic E-state index is 0.0411. The lowest BCUT2D eigenvalue weighted by Gasteiger charge is -2.16. The van der Waals surface area contributed by atoms with Crippen LogP contribution in [-0.2, 0) is 17.8 Å². The second kappa shape index (κ2) is 7.94. The fourth-order valence-corrected chi connectivity index (χ4v) is 2.53. The normalized spacial score (nSPS) is 10.4. The van der Waals surface area contributed by atoms with Crippen molar-refractivity contribution in [2.24, 2.45) is 0 Å². The molecule has 0 spiro atoms. The number of pyridine rings is 1. The summed E-state index contributed by atoms with van der Waals surface area (Å²) in [7, 11) is 0. The summed E-state index contributed by atoms with van der Waals surface area (Å²) >= 11 is 5.95. The van der Waals surface area contributed by atoms with E-state index in [1.165, 1.54) is 6.20 Å². The number of nitrogens with one attached hydrogen (secondary N) is 1. The van der Waals surface area contributed by atoms with Gasteiger partial charge in [-0.1, -0.05) is 30.7 Å². The molecule has 122 valence electrons. The SMILES string of the molecule is CCOC(=O)c1cnc(Cl)cc1Nc1cccc(CO)c1CC. The number of aromatic nitrogens is 1.